The summed E-state index contributed by atoms with van der Waals surface area (Å²) in [4.78, 5) is 14.1. The highest BCUT2D eigenvalue weighted by atomic mass is 14.8. The molecule has 3 heterocycles. The molecule has 0 aliphatic rings. The first-order valence-corrected chi connectivity index (χ1v) is 15.2. The standard InChI is InChI=1S/C42H26N4/c43-27-28-14-16-30(17-15-28)42-36-10-2-1-8-29(36)18-21-37(42)32-19-20-35-31(24-32)9-7-11-34(35)33-25-40(38-12-3-5-22-44-38)46-41(26-33)39-13-4-6-23-45-39/h1-26H. The Balaban J connectivity index is 1.30. The highest BCUT2D eigenvalue weighted by Gasteiger charge is 2.15. The number of hydrogen-bond acceptors (Lipinski definition) is 4. The third kappa shape index (κ3) is 4.96. The lowest BCUT2D eigenvalue weighted by Crippen LogP contribution is -1.94. The van der Waals surface area contributed by atoms with Crippen LogP contribution in [0.15, 0.2) is 158 Å². The van der Waals surface area contributed by atoms with Crippen molar-refractivity contribution < 1.29 is 0 Å². The molecule has 0 N–H and O–H groups in total. The summed E-state index contributed by atoms with van der Waals surface area (Å²) in [7, 11) is 0. The zero-order valence-electron chi connectivity index (χ0n) is 24.8. The van der Waals surface area contributed by atoms with E-state index in [0.717, 1.165) is 66.9 Å². The molecule has 0 unspecified atom stereocenters. The van der Waals surface area contributed by atoms with E-state index >= 15 is 0 Å². The van der Waals surface area contributed by atoms with Crippen LogP contribution >= 0.6 is 0 Å². The van der Waals surface area contributed by atoms with Crippen molar-refractivity contribution in [2.45, 2.75) is 0 Å². The molecule has 5 aromatic carbocycles. The van der Waals surface area contributed by atoms with Gasteiger partial charge in [0.2, 0.25) is 0 Å². The Morgan fingerprint density at radius 1 is 0.435 bits per heavy atom. The van der Waals surface area contributed by atoms with Crippen molar-refractivity contribution in [3.63, 3.8) is 0 Å². The fourth-order valence-corrected chi connectivity index (χ4v) is 6.21. The fourth-order valence-electron chi connectivity index (χ4n) is 6.21. The molecular formula is C42H26N4. The Morgan fingerprint density at radius 2 is 1.11 bits per heavy atom. The average molecular weight is 587 g/mol. The predicted molar refractivity (Wildman–Crippen MR) is 187 cm³/mol. The van der Waals surface area contributed by atoms with Crippen molar-refractivity contribution >= 4 is 21.5 Å². The van der Waals surface area contributed by atoms with Gasteiger partial charge in [-0.2, -0.15) is 5.26 Å². The van der Waals surface area contributed by atoms with Crippen molar-refractivity contribution in [3.05, 3.63) is 164 Å². The third-order valence-electron chi connectivity index (χ3n) is 8.41. The minimum atomic E-state index is 0.650. The van der Waals surface area contributed by atoms with Gasteiger partial charge in [-0.15, -0.1) is 0 Å². The number of pyridine rings is 3. The second-order valence-electron chi connectivity index (χ2n) is 11.2. The molecule has 8 rings (SSSR count). The van der Waals surface area contributed by atoms with Gasteiger partial charge in [-0.1, -0.05) is 91.0 Å². The second-order valence-corrected chi connectivity index (χ2v) is 11.2. The number of nitrogens with zero attached hydrogens (tertiary/aromatic N) is 4. The average Bonchev–Trinajstić information content (AvgIpc) is 3.14. The Kier molecular flexibility index (Phi) is 6.83. The molecule has 0 aliphatic carbocycles. The van der Waals surface area contributed by atoms with E-state index in [9.17, 15) is 5.26 Å². The maximum absolute atomic E-state index is 9.40. The SMILES string of the molecule is N#Cc1ccc(-c2c(-c3ccc4c(-c5cc(-c6ccccn6)nc(-c6ccccn6)c5)cccc4c3)ccc3ccccc23)cc1. The van der Waals surface area contributed by atoms with Crippen LogP contribution in [0.25, 0.3) is 77.7 Å². The van der Waals surface area contributed by atoms with Crippen LogP contribution in [-0.4, -0.2) is 15.0 Å². The third-order valence-corrected chi connectivity index (χ3v) is 8.41. The van der Waals surface area contributed by atoms with Crippen LogP contribution in [-0.2, 0) is 0 Å². The van der Waals surface area contributed by atoms with Gasteiger partial charge in [-0.25, -0.2) is 4.98 Å². The van der Waals surface area contributed by atoms with E-state index in [0.29, 0.717) is 5.56 Å². The van der Waals surface area contributed by atoms with Crippen LogP contribution in [0.2, 0.25) is 0 Å². The van der Waals surface area contributed by atoms with E-state index in [4.69, 9.17) is 4.98 Å². The molecule has 0 radical (unpaired) electrons. The summed E-state index contributed by atoms with van der Waals surface area (Å²) in [5.74, 6) is 0. The van der Waals surface area contributed by atoms with Crippen molar-refractivity contribution in [2.75, 3.05) is 0 Å². The molecule has 0 fully saturated rings. The minimum Gasteiger partial charge on any atom is -0.255 e. The first-order valence-electron chi connectivity index (χ1n) is 15.2. The molecule has 4 heteroatoms. The highest BCUT2D eigenvalue weighted by Crippen LogP contribution is 2.40. The van der Waals surface area contributed by atoms with Gasteiger partial charge < -0.3 is 0 Å². The Labute approximate surface area is 266 Å². The maximum atomic E-state index is 9.40. The number of fused-ring (bicyclic) bond motifs is 2. The molecule has 0 spiro atoms. The number of aromatic nitrogens is 3. The van der Waals surface area contributed by atoms with Gasteiger partial charge in [-0.05, 0) is 110 Å². The molecule has 0 aliphatic heterocycles. The number of hydrogen-bond donors (Lipinski definition) is 0. The zero-order valence-corrected chi connectivity index (χ0v) is 24.8. The lowest BCUT2D eigenvalue weighted by atomic mass is 9.88. The van der Waals surface area contributed by atoms with Crippen LogP contribution in [0.4, 0.5) is 0 Å². The van der Waals surface area contributed by atoms with E-state index < -0.39 is 0 Å². The van der Waals surface area contributed by atoms with Gasteiger partial charge in [0.15, 0.2) is 0 Å². The van der Waals surface area contributed by atoms with E-state index in [1.54, 1.807) is 12.4 Å². The van der Waals surface area contributed by atoms with Gasteiger partial charge in [0.1, 0.15) is 0 Å². The van der Waals surface area contributed by atoms with Crippen molar-refractivity contribution in [3.8, 4) is 62.2 Å². The molecule has 46 heavy (non-hydrogen) atoms. The van der Waals surface area contributed by atoms with E-state index in [-0.39, 0.29) is 0 Å². The molecule has 8 aromatic rings. The van der Waals surface area contributed by atoms with Gasteiger partial charge in [0.05, 0.1) is 34.4 Å². The largest absolute Gasteiger partial charge is 0.255 e. The quantitative estimate of drug-likeness (QED) is 0.201. The number of nitriles is 1. The summed E-state index contributed by atoms with van der Waals surface area (Å²) < 4.78 is 0. The van der Waals surface area contributed by atoms with Gasteiger partial charge in [-0.3, -0.25) is 9.97 Å². The Morgan fingerprint density at radius 3 is 1.80 bits per heavy atom. The van der Waals surface area contributed by atoms with Crippen molar-refractivity contribution in [2.24, 2.45) is 0 Å². The topological polar surface area (TPSA) is 62.5 Å². The van der Waals surface area contributed by atoms with Crippen LogP contribution in [0.1, 0.15) is 5.56 Å². The van der Waals surface area contributed by atoms with E-state index in [1.807, 2.05) is 60.7 Å². The maximum Gasteiger partial charge on any atom is 0.0991 e. The monoisotopic (exact) mass is 586 g/mol. The fraction of sp³-hybridized carbons (Fsp3) is 0. The van der Waals surface area contributed by atoms with Gasteiger partial charge in [0.25, 0.3) is 0 Å². The van der Waals surface area contributed by atoms with Gasteiger partial charge >= 0.3 is 0 Å². The van der Waals surface area contributed by atoms with E-state index in [1.165, 1.54) is 10.8 Å². The number of benzene rings is 5. The van der Waals surface area contributed by atoms with Crippen LogP contribution in [0.5, 0.6) is 0 Å². The van der Waals surface area contributed by atoms with Gasteiger partial charge in [0, 0.05) is 12.4 Å². The van der Waals surface area contributed by atoms with Crippen LogP contribution in [0.3, 0.4) is 0 Å². The molecule has 214 valence electrons. The second kappa shape index (κ2) is 11.6. The lowest BCUT2D eigenvalue weighted by molar-refractivity contribution is 1.22. The molecule has 0 atom stereocenters. The summed E-state index contributed by atoms with van der Waals surface area (Å²) in [5, 5.41) is 14.0. The predicted octanol–water partition coefficient (Wildman–Crippen LogP) is 10.4. The normalized spacial score (nSPS) is 11.0. The molecule has 0 bridgehead atoms. The van der Waals surface area contributed by atoms with Crippen molar-refractivity contribution in [1.82, 2.24) is 15.0 Å². The Hall–Kier alpha value is -6.44. The summed E-state index contributed by atoms with van der Waals surface area (Å²) in [6.07, 6.45) is 3.59. The first-order chi connectivity index (χ1) is 22.7. The molecule has 3 aromatic heterocycles. The minimum absolute atomic E-state index is 0.650. The van der Waals surface area contributed by atoms with Crippen LogP contribution < -0.4 is 0 Å². The summed E-state index contributed by atoms with van der Waals surface area (Å²) in [5.41, 5.74) is 10.6. The molecule has 0 amide bonds. The Bertz CT molecular complexity index is 2350. The van der Waals surface area contributed by atoms with Crippen molar-refractivity contribution in [1.29, 1.82) is 5.26 Å². The zero-order chi connectivity index (χ0) is 30.9. The lowest BCUT2D eigenvalue weighted by Gasteiger charge is -2.16. The molecular weight excluding hydrogens is 560 g/mol. The summed E-state index contributed by atoms with van der Waals surface area (Å²) >= 11 is 0. The molecule has 0 saturated carbocycles. The first kappa shape index (κ1) is 27.1. The smallest absolute Gasteiger partial charge is 0.0991 e. The van der Waals surface area contributed by atoms with E-state index in [2.05, 4.69) is 101 Å². The summed E-state index contributed by atoms with van der Waals surface area (Å²) in [6, 6.07) is 52.1. The summed E-state index contributed by atoms with van der Waals surface area (Å²) in [6.45, 7) is 0. The number of rotatable bonds is 5. The molecule has 0 saturated heterocycles. The van der Waals surface area contributed by atoms with Crippen LogP contribution in [0, 0.1) is 11.3 Å². The molecule has 4 nitrogen and oxygen atoms in total. The highest BCUT2D eigenvalue weighted by molar-refractivity contribution is 6.06.